The molecule has 6 heteroatoms. The second-order valence-electron chi connectivity index (χ2n) is 3.62. The van der Waals surface area contributed by atoms with Gasteiger partial charge in [-0.15, -0.1) is 0 Å². The molecule has 1 nitrogen and oxygen atoms in total. The second-order valence-corrected chi connectivity index (χ2v) is 4.06. The summed E-state index contributed by atoms with van der Waals surface area (Å²) < 4.78 is 57.7. The van der Waals surface area contributed by atoms with E-state index in [1.54, 1.807) is 0 Å². The van der Waals surface area contributed by atoms with E-state index in [0.29, 0.717) is 6.26 Å². The van der Waals surface area contributed by atoms with Crippen LogP contribution in [0.25, 0.3) is 0 Å². The highest BCUT2D eigenvalue weighted by Crippen LogP contribution is 2.49. The fraction of sp³-hybridized carbons (Fsp3) is 0.273. The van der Waals surface area contributed by atoms with Gasteiger partial charge in [0.15, 0.2) is 6.10 Å². The van der Waals surface area contributed by atoms with Crippen LogP contribution in [0.5, 0.6) is 0 Å². The van der Waals surface area contributed by atoms with Gasteiger partial charge in [0.05, 0.1) is 6.26 Å². The molecule has 2 rings (SSSR count). The van der Waals surface area contributed by atoms with Gasteiger partial charge in [0, 0.05) is 16.7 Å². The first-order valence-corrected chi connectivity index (χ1v) is 5.07. The monoisotopic (exact) mass is 266 g/mol. The minimum absolute atomic E-state index is 0.0496. The van der Waals surface area contributed by atoms with Gasteiger partial charge in [-0.1, -0.05) is 23.7 Å². The van der Waals surface area contributed by atoms with Crippen molar-refractivity contribution in [1.29, 1.82) is 0 Å². The van der Waals surface area contributed by atoms with Crippen LogP contribution in [0.2, 0.25) is 5.02 Å². The molecule has 0 aromatic heterocycles. The van der Waals surface area contributed by atoms with E-state index >= 15 is 0 Å². The Hall–Kier alpha value is -1.23. The van der Waals surface area contributed by atoms with Crippen LogP contribution >= 0.6 is 11.6 Å². The molecular formula is C11H7ClF4O. The quantitative estimate of drug-likeness (QED) is 0.693. The zero-order valence-corrected chi connectivity index (χ0v) is 9.10. The Morgan fingerprint density at radius 3 is 2.53 bits per heavy atom. The third-order valence-corrected chi connectivity index (χ3v) is 2.65. The van der Waals surface area contributed by atoms with Crippen molar-refractivity contribution in [2.75, 3.05) is 0 Å². The summed E-state index contributed by atoms with van der Waals surface area (Å²) in [6.07, 6.45) is -1.40. The standard InChI is InChI=1S/C11H7ClF4O/c12-8-3-1-2-7(6-8)9-11(15,16)10(13,14)4-5-17-9/h1-6,9H. The molecule has 0 amide bonds. The number of halogens is 5. The van der Waals surface area contributed by atoms with E-state index in [-0.39, 0.29) is 16.7 Å². The molecule has 0 saturated heterocycles. The van der Waals surface area contributed by atoms with Crippen molar-refractivity contribution in [2.45, 2.75) is 17.9 Å². The molecule has 1 heterocycles. The summed E-state index contributed by atoms with van der Waals surface area (Å²) in [6.45, 7) is 0. The number of ether oxygens (including phenoxy) is 1. The van der Waals surface area contributed by atoms with Crippen molar-refractivity contribution >= 4 is 11.6 Å². The summed E-state index contributed by atoms with van der Waals surface area (Å²) in [4.78, 5) is 0. The first-order chi connectivity index (χ1) is 7.84. The van der Waals surface area contributed by atoms with Gasteiger partial charge >= 0.3 is 11.8 Å². The van der Waals surface area contributed by atoms with Gasteiger partial charge in [-0.3, -0.25) is 0 Å². The minimum Gasteiger partial charge on any atom is -0.487 e. The van der Waals surface area contributed by atoms with Crippen molar-refractivity contribution < 1.29 is 22.3 Å². The van der Waals surface area contributed by atoms with Gasteiger partial charge in [0.25, 0.3) is 0 Å². The molecule has 0 radical (unpaired) electrons. The van der Waals surface area contributed by atoms with E-state index < -0.39 is 17.9 Å². The molecule has 0 aliphatic carbocycles. The molecule has 0 fully saturated rings. The number of hydrogen-bond donors (Lipinski definition) is 0. The lowest BCUT2D eigenvalue weighted by Gasteiger charge is -2.34. The highest BCUT2D eigenvalue weighted by molar-refractivity contribution is 6.30. The van der Waals surface area contributed by atoms with Crippen LogP contribution in [-0.4, -0.2) is 11.8 Å². The van der Waals surface area contributed by atoms with E-state index in [4.69, 9.17) is 11.6 Å². The van der Waals surface area contributed by atoms with Crippen molar-refractivity contribution in [3.63, 3.8) is 0 Å². The van der Waals surface area contributed by atoms with Crippen LogP contribution in [0.1, 0.15) is 11.7 Å². The summed E-state index contributed by atoms with van der Waals surface area (Å²) in [5, 5.41) is 0.180. The zero-order valence-electron chi connectivity index (χ0n) is 8.34. The van der Waals surface area contributed by atoms with E-state index in [2.05, 4.69) is 4.74 Å². The maximum absolute atomic E-state index is 13.5. The van der Waals surface area contributed by atoms with Gasteiger partial charge in [-0.05, 0) is 12.1 Å². The summed E-state index contributed by atoms with van der Waals surface area (Å²) in [5.41, 5.74) is -0.0912. The zero-order chi connectivity index (χ0) is 12.7. The molecule has 1 aliphatic rings. The van der Waals surface area contributed by atoms with Gasteiger partial charge in [0.2, 0.25) is 0 Å². The lowest BCUT2D eigenvalue weighted by Crippen LogP contribution is -2.46. The van der Waals surface area contributed by atoms with Crippen LogP contribution < -0.4 is 0 Å². The average molecular weight is 267 g/mol. The number of alkyl halides is 4. The summed E-state index contributed by atoms with van der Waals surface area (Å²) in [5.74, 6) is -8.55. The Labute approximate surface area is 99.6 Å². The molecular weight excluding hydrogens is 260 g/mol. The SMILES string of the molecule is FC1(F)C=COC(c2cccc(Cl)c2)C1(F)F. The Morgan fingerprint density at radius 1 is 1.18 bits per heavy atom. The predicted molar refractivity (Wildman–Crippen MR) is 54.3 cm³/mol. The summed E-state index contributed by atoms with van der Waals surface area (Å²) >= 11 is 5.62. The molecule has 1 aromatic carbocycles. The number of benzene rings is 1. The molecule has 1 aromatic rings. The molecule has 17 heavy (non-hydrogen) atoms. The normalized spacial score (nSPS) is 25.4. The third kappa shape index (κ3) is 1.99. The van der Waals surface area contributed by atoms with Gasteiger partial charge in [-0.25, -0.2) is 0 Å². The fourth-order valence-corrected chi connectivity index (χ4v) is 1.73. The number of allylic oxidation sites excluding steroid dienone is 1. The lowest BCUT2D eigenvalue weighted by molar-refractivity contribution is -0.246. The van der Waals surface area contributed by atoms with Crippen molar-refractivity contribution in [2.24, 2.45) is 0 Å². The molecule has 0 saturated carbocycles. The van der Waals surface area contributed by atoms with Crippen molar-refractivity contribution in [3.8, 4) is 0 Å². The average Bonchev–Trinajstić information content (AvgIpc) is 2.22. The van der Waals surface area contributed by atoms with Gasteiger partial charge in [0.1, 0.15) is 0 Å². The highest BCUT2D eigenvalue weighted by Gasteiger charge is 2.63. The van der Waals surface area contributed by atoms with E-state index in [1.165, 1.54) is 24.3 Å². The minimum atomic E-state index is -4.31. The smallest absolute Gasteiger partial charge is 0.353 e. The molecule has 0 bridgehead atoms. The van der Waals surface area contributed by atoms with Crippen LogP contribution in [0.15, 0.2) is 36.6 Å². The largest absolute Gasteiger partial charge is 0.487 e. The van der Waals surface area contributed by atoms with Crippen molar-refractivity contribution in [3.05, 3.63) is 47.2 Å². The molecule has 92 valence electrons. The van der Waals surface area contributed by atoms with Gasteiger partial charge in [-0.2, -0.15) is 17.6 Å². The molecule has 1 atom stereocenters. The molecule has 0 spiro atoms. The van der Waals surface area contributed by atoms with E-state index in [0.717, 1.165) is 0 Å². The Balaban J connectivity index is 2.43. The topological polar surface area (TPSA) is 9.23 Å². The van der Waals surface area contributed by atoms with Crippen LogP contribution in [0.3, 0.4) is 0 Å². The molecule has 0 N–H and O–H groups in total. The van der Waals surface area contributed by atoms with Crippen molar-refractivity contribution in [1.82, 2.24) is 0 Å². The number of hydrogen-bond acceptors (Lipinski definition) is 1. The first-order valence-electron chi connectivity index (χ1n) is 4.69. The van der Waals surface area contributed by atoms with Crippen LogP contribution in [-0.2, 0) is 4.74 Å². The van der Waals surface area contributed by atoms with Gasteiger partial charge < -0.3 is 4.74 Å². The Kier molecular flexibility index (Phi) is 2.81. The molecule has 1 aliphatic heterocycles. The summed E-state index contributed by atoms with van der Waals surface area (Å²) in [7, 11) is 0. The maximum atomic E-state index is 13.5. The maximum Gasteiger partial charge on any atom is 0.353 e. The number of rotatable bonds is 1. The van der Waals surface area contributed by atoms with E-state index in [9.17, 15) is 17.6 Å². The van der Waals surface area contributed by atoms with E-state index in [1.807, 2.05) is 0 Å². The van der Waals surface area contributed by atoms with Crippen LogP contribution in [0.4, 0.5) is 17.6 Å². The summed E-state index contributed by atoms with van der Waals surface area (Å²) in [6, 6.07) is 5.29. The third-order valence-electron chi connectivity index (χ3n) is 2.42. The Morgan fingerprint density at radius 2 is 1.88 bits per heavy atom. The first kappa shape index (κ1) is 12.2. The predicted octanol–water partition coefficient (Wildman–Crippen LogP) is 4.20. The highest BCUT2D eigenvalue weighted by atomic mass is 35.5. The van der Waals surface area contributed by atoms with Crippen LogP contribution in [0, 0.1) is 0 Å². The fourth-order valence-electron chi connectivity index (χ4n) is 1.53. The Bertz CT molecular complexity index is 459. The molecule has 1 unspecified atom stereocenters. The lowest BCUT2D eigenvalue weighted by atomic mass is 9.97. The second kappa shape index (κ2) is 3.91.